The molecule has 0 bridgehead atoms. The first-order valence-electron chi connectivity index (χ1n) is 6.97. The van der Waals surface area contributed by atoms with E-state index in [4.69, 9.17) is 0 Å². The van der Waals surface area contributed by atoms with Crippen molar-refractivity contribution < 1.29 is 0 Å². The van der Waals surface area contributed by atoms with Gasteiger partial charge in [-0.25, -0.2) is 9.97 Å². The molecule has 2 heterocycles. The second kappa shape index (κ2) is 7.33. The molecule has 106 valence electrons. The summed E-state index contributed by atoms with van der Waals surface area (Å²) in [6.07, 6.45) is 6.59. The topological polar surface area (TPSA) is 50.7 Å². The van der Waals surface area contributed by atoms with Crippen molar-refractivity contribution >= 4 is 21.7 Å². The summed E-state index contributed by atoms with van der Waals surface area (Å²) in [5.41, 5.74) is 1.98. The van der Waals surface area contributed by atoms with E-state index in [1.54, 1.807) is 12.4 Å². The molecule has 0 atom stereocenters. The predicted octanol–water partition coefficient (Wildman–Crippen LogP) is 4.08. The van der Waals surface area contributed by atoms with E-state index < -0.39 is 0 Å². The fraction of sp³-hybridized carbons (Fsp3) is 0.400. The van der Waals surface area contributed by atoms with Crippen LogP contribution in [0.5, 0.6) is 0 Å². The van der Waals surface area contributed by atoms with E-state index in [0.29, 0.717) is 0 Å². The van der Waals surface area contributed by atoms with Crippen LogP contribution >= 0.6 is 15.9 Å². The van der Waals surface area contributed by atoms with E-state index in [9.17, 15) is 0 Å². The minimum atomic E-state index is 0.725. The molecule has 2 aromatic heterocycles. The summed E-state index contributed by atoms with van der Waals surface area (Å²) in [5, 5.41) is 3.35. The summed E-state index contributed by atoms with van der Waals surface area (Å²) in [6, 6.07) is 3.88. The van der Waals surface area contributed by atoms with Crippen LogP contribution in [-0.4, -0.2) is 21.5 Å². The molecular weight excluding hydrogens is 316 g/mol. The maximum absolute atomic E-state index is 4.66. The summed E-state index contributed by atoms with van der Waals surface area (Å²) < 4.78 is 0.973. The molecule has 0 radical (unpaired) electrons. The summed E-state index contributed by atoms with van der Waals surface area (Å²) in [6.45, 7) is 5.18. The van der Waals surface area contributed by atoms with Crippen molar-refractivity contribution in [1.82, 2.24) is 15.0 Å². The third-order valence-electron chi connectivity index (χ3n) is 2.87. The Labute approximate surface area is 128 Å². The number of halogens is 1. The molecule has 0 amide bonds. The number of hydrogen-bond donors (Lipinski definition) is 1. The summed E-state index contributed by atoms with van der Waals surface area (Å²) in [5.74, 6) is 1.59. The molecule has 0 saturated heterocycles. The molecule has 0 aliphatic heterocycles. The Bertz CT molecular complexity index is 557. The predicted molar refractivity (Wildman–Crippen MR) is 85.7 cm³/mol. The van der Waals surface area contributed by atoms with Gasteiger partial charge < -0.3 is 5.32 Å². The number of rotatable bonds is 6. The first-order chi connectivity index (χ1) is 9.76. The molecule has 1 N–H and O–H groups in total. The monoisotopic (exact) mass is 334 g/mol. The van der Waals surface area contributed by atoms with Gasteiger partial charge in [0.05, 0.1) is 10.2 Å². The third-order valence-corrected chi connectivity index (χ3v) is 3.70. The Morgan fingerprint density at radius 3 is 2.70 bits per heavy atom. The van der Waals surface area contributed by atoms with Crippen molar-refractivity contribution in [3.05, 3.63) is 34.7 Å². The number of anilines is 1. The summed E-state index contributed by atoms with van der Waals surface area (Å²) >= 11 is 3.62. The van der Waals surface area contributed by atoms with E-state index in [-0.39, 0.29) is 0 Å². The SMILES string of the molecule is CCCNc1nc(-c2cccnc2)nc(CCC)c1Br. The first kappa shape index (κ1) is 14.9. The van der Waals surface area contributed by atoms with E-state index in [2.05, 4.69) is 50.0 Å². The van der Waals surface area contributed by atoms with Gasteiger partial charge in [0.25, 0.3) is 0 Å². The zero-order valence-electron chi connectivity index (χ0n) is 11.9. The zero-order chi connectivity index (χ0) is 14.4. The molecule has 0 aromatic carbocycles. The van der Waals surface area contributed by atoms with Crippen LogP contribution in [0, 0.1) is 0 Å². The molecular formula is C15H19BrN4. The van der Waals surface area contributed by atoms with Crippen molar-refractivity contribution in [1.29, 1.82) is 0 Å². The van der Waals surface area contributed by atoms with Crippen molar-refractivity contribution in [3.63, 3.8) is 0 Å². The van der Waals surface area contributed by atoms with Crippen LogP contribution in [0.15, 0.2) is 29.0 Å². The molecule has 20 heavy (non-hydrogen) atoms. The van der Waals surface area contributed by atoms with Crippen LogP contribution < -0.4 is 5.32 Å². The van der Waals surface area contributed by atoms with Crippen molar-refractivity contribution in [2.24, 2.45) is 0 Å². The molecule has 2 rings (SSSR count). The normalized spacial score (nSPS) is 10.6. The molecule has 0 aliphatic rings. The highest BCUT2D eigenvalue weighted by atomic mass is 79.9. The quantitative estimate of drug-likeness (QED) is 0.864. The highest BCUT2D eigenvalue weighted by Crippen LogP contribution is 2.27. The molecule has 5 heteroatoms. The van der Waals surface area contributed by atoms with Crippen molar-refractivity contribution in [3.8, 4) is 11.4 Å². The highest BCUT2D eigenvalue weighted by molar-refractivity contribution is 9.10. The number of aryl methyl sites for hydroxylation is 1. The Morgan fingerprint density at radius 2 is 2.05 bits per heavy atom. The smallest absolute Gasteiger partial charge is 0.163 e. The minimum absolute atomic E-state index is 0.725. The Hall–Kier alpha value is -1.49. The van der Waals surface area contributed by atoms with Gasteiger partial charge in [-0.15, -0.1) is 0 Å². The second-order valence-electron chi connectivity index (χ2n) is 4.57. The van der Waals surface area contributed by atoms with Crippen LogP contribution in [0.25, 0.3) is 11.4 Å². The second-order valence-corrected chi connectivity index (χ2v) is 5.37. The number of hydrogen-bond acceptors (Lipinski definition) is 4. The lowest BCUT2D eigenvalue weighted by atomic mass is 10.2. The summed E-state index contributed by atoms with van der Waals surface area (Å²) in [4.78, 5) is 13.4. The third kappa shape index (κ3) is 3.54. The largest absolute Gasteiger partial charge is 0.369 e. The minimum Gasteiger partial charge on any atom is -0.369 e. The molecule has 0 aliphatic carbocycles. The molecule has 2 aromatic rings. The number of nitrogens with one attached hydrogen (secondary N) is 1. The standard InChI is InChI=1S/C15H19BrN4/c1-3-6-12-13(16)15(18-8-4-2)20-14(19-12)11-7-5-9-17-10-11/h5,7,9-10H,3-4,6,8H2,1-2H3,(H,18,19,20). The fourth-order valence-electron chi connectivity index (χ4n) is 1.88. The average Bonchev–Trinajstić information content (AvgIpc) is 2.49. The van der Waals surface area contributed by atoms with Gasteiger partial charge >= 0.3 is 0 Å². The van der Waals surface area contributed by atoms with Gasteiger partial charge in [-0.05, 0) is 40.9 Å². The number of aromatic nitrogens is 3. The highest BCUT2D eigenvalue weighted by Gasteiger charge is 2.12. The Balaban J connectivity index is 2.44. The van der Waals surface area contributed by atoms with Gasteiger partial charge in [-0.3, -0.25) is 4.98 Å². The van der Waals surface area contributed by atoms with Gasteiger partial charge in [-0.2, -0.15) is 0 Å². The Morgan fingerprint density at radius 1 is 1.20 bits per heavy atom. The lowest BCUT2D eigenvalue weighted by molar-refractivity contribution is 0.864. The van der Waals surface area contributed by atoms with Crippen molar-refractivity contribution in [2.75, 3.05) is 11.9 Å². The molecule has 0 unspecified atom stereocenters. The van der Waals surface area contributed by atoms with E-state index in [1.807, 2.05) is 12.1 Å². The van der Waals surface area contributed by atoms with Gasteiger partial charge in [0.1, 0.15) is 5.82 Å². The molecule has 0 fully saturated rings. The maximum atomic E-state index is 4.66. The lowest BCUT2D eigenvalue weighted by Gasteiger charge is -2.12. The number of nitrogens with zero attached hydrogens (tertiary/aromatic N) is 3. The van der Waals surface area contributed by atoms with E-state index in [0.717, 1.165) is 53.2 Å². The average molecular weight is 335 g/mol. The van der Waals surface area contributed by atoms with E-state index >= 15 is 0 Å². The van der Waals surface area contributed by atoms with Crippen LogP contribution in [0.3, 0.4) is 0 Å². The van der Waals surface area contributed by atoms with Crippen LogP contribution in [0.2, 0.25) is 0 Å². The van der Waals surface area contributed by atoms with Gasteiger partial charge in [0, 0.05) is 24.5 Å². The van der Waals surface area contributed by atoms with Gasteiger partial charge in [0.15, 0.2) is 5.82 Å². The number of pyridine rings is 1. The zero-order valence-corrected chi connectivity index (χ0v) is 13.4. The Kier molecular flexibility index (Phi) is 5.47. The molecule has 0 saturated carbocycles. The molecule has 4 nitrogen and oxygen atoms in total. The van der Waals surface area contributed by atoms with Gasteiger partial charge in [0.2, 0.25) is 0 Å². The fourth-order valence-corrected chi connectivity index (χ4v) is 2.40. The van der Waals surface area contributed by atoms with Crippen LogP contribution in [0.4, 0.5) is 5.82 Å². The maximum Gasteiger partial charge on any atom is 0.163 e. The van der Waals surface area contributed by atoms with Crippen LogP contribution in [-0.2, 0) is 6.42 Å². The molecule has 0 spiro atoms. The van der Waals surface area contributed by atoms with Crippen molar-refractivity contribution in [2.45, 2.75) is 33.1 Å². The lowest BCUT2D eigenvalue weighted by Crippen LogP contribution is -2.07. The summed E-state index contributed by atoms with van der Waals surface area (Å²) in [7, 11) is 0. The first-order valence-corrected chi connectivity index (χ1v) is 7.76. The van der Waals surface area contributed by atoms with Gasteiger partial charge in [-0.1, -0.05) is 20.3 Å². The van der Waals surface area contributed by atoms with Crippen LogP contribution in [0.1, 0.15) is 32.4 Å². The van der Waals surface area contributed by atoms with E-state index in [1.165, 1.54) is 0 Å².